The standard InChI is InChI=1S/C15H15ClN4O/c1-3-7-20-14(10-5-4-6-11(16)8-10)18-12-9-17-19(2)13(12)15(20)21/h4-6,8-9H,3,7H2,1-2H3. The molecule has 0 amide bonds. The fraction of sp³-hybridized carbons (Fsp3) is 0.267. The molecule has 0 atom stereocenters. The van der Waals surface area contributed by atoms with Gasteiger partial charge < -0.3 is 0 Å². The van der Waals surface area contributed by atoms with Gasteiger partial charge in [-0.1, -0.05) is 30.7 Å². The van der Waals surface area contributed by atoms with E-state index in [1.54, 1.807) is 28.6 Å². The number of benzene rings is 1. The second-order valence-electron chi connectivity index (χ2n) is 4.90. The Bertz CT molecular complexity index is 866. The number of nitrogens with zero attached hydrogens (tertiary/aromatic N) is 4. The number of aryl methyl sites for hydroxylation is 1. The van der Waals surface area contributed by atoms with Gasteiger partial charge in [0.25, 0.3) is 5.56 Å². The average molecular weight is 303 g/mol. The molecule has 0 aliphatic heterocycles. The lowest BCUT2D eigenvalue weighted by Crippen LogP contribution is -2.24. The highest BCUT2D eigenvalue weighted by molar-refractivity contribution is 6.30. The number of rotatable bonds is 3. The van der Waals surface area contributed by atoms with Crippen LogP contribution in [0, 0.1) is 0 Å². The van der Waals surface area contributed by atoms with Crippen molar-refractivity contribution in [3.63, 3.8) is 0 Å². The molecule has 5 nitrogen and oxygen atoms in total. The van der Waals surface area contributed by atoms with Gasteiger partial charge in [0.15, 0.2) is 5.52 Å². The molecular formula is C15H15ClN4O. The summed E-state index contributed by atoms with van der Waals surface area (Å²) in [4.78, 5) is 17.3. The van der Waals surface area contributed by atoms with E-state index in [1.165, 1.54) is 0 Å². The van der Waals surface area contributed by atoms with Crippen LogP contribution in [0.25, 0.3) is 22.4 Å². The molecule has 3 aromatic rings. The molecule has 0 radical (unpaired) electrons. The molecule has 0 N–H and O–H groups in total. The van der Waals surface area contributed by atoms with Gasteiger partial charge >= 0.3 is 0 Å². The number of aromatic nitrogens is 4. The maximum Gasteiger partial charge on any atom is 0.279 e. The van der Waals surface area contributed by atoms with Crippen molar-refractivity contribution in [3.8, 4) is 11.4 Å². The van der Waals surface area contributed by atoms with Crippen LogP contribution >= 0.6 is 11.6 Å². The van der Waals surface area contributed by atoms with Crippen molar-refractivity contribution in [2.24, 2.45) is 7.05 Å². The van der Waals surface area contributed by atoms with Crippen molar-refractivity contribution in [1.29, 1.82) is 0 Å². The van der Waals surface area contributed by atoms with E-state index in [2.05, 4.69) is 10.1 Å². The van der Waals surface area contributed by atoms with Crippen molar-refractivity contribution in [2.45, 2.75) is 19.9 Å². The molecule has 21 heavy (non-hydrogen) atoms. The van der Waals surface area contributed by atoms with Crippen molar-refractivity contribution in [3.05, 3.63) is 45.8 Å². The van der Waals surface area contributed by atoms with Crippen LogP contribution in [0.2, 0.25) is 5.02 Å². The van der Waals surface area contributed by atoms with Gasteiger partial charge in [0.05, 0.1) is 6.20 Å². The fourth-order valence-electron chi connectivity index (χ4n) is 2.43. The van der Waals surface area contributed by atoms with E-state index >= 15 is 0 Å². The predicted molar refractivity (Wildman–Crippen MR) is 83.5 cm³/mol. The molecule has 0 saturated heterocycles. The zero-order chi connectivity index (χ0) is 15.0. The van der Waals surface area contributed by atoms with Crippen LogP contribution in [0.1, 0.15) is 13.3 Å². The first-order chi connectivity index (χ1) is 10.1. The monoisotopic (exact) mass is 302 g/mol. The minimum atomic E-state index is -0.0724. The maximum atomic E-state index is 12.7. The lowest BCUT2D eigenvalue weighted by Gasteiger charge is -2.12. The van der Waals surface area contributed by atoms with E-state index < -0.39 is 0 Å². The van der Waals surface area contributed by atoms with Gasteiger partial charge in [0.1, 0.15) is 11.3 Å². The zero-order valence-electron chi connectivity index (χ0n) is 11.9. The molecule has 1 aromatic carbocycles. The first-order valence-electron chi connectivity index (χ1n) is 6.80. The van der Waals surface area contributed by atoms with Gasteiger partial charge in [-0.25, -0.2) is 4.98 Å². The minimum Gasteiger partial charge on any atom is -0.291 e. The lowest BCUT2D eigenvalue weighted by atomic mass is 10.2. The third-order valence-corrected chi connectivity index (χ3v) is 3.61. The van der Waals surface area contributed by atoms with Crippen LogP contribution in [0.4, 0.5) is 0 Å². The van der Waals surface area contributed by atoms with Crippen LogP contribution < -0.4 is 5.56 Å². The smallest absolute Gasteiger partial charge is 0.279 e. The van der Waals surface area contributed by atoms with Crippen LogP contribution in [-0.2, 0) is 13.6 Å². The maximum absolute atomic E-state index is 12.7. The second-order valence-corrected chi connectivity index (χ2v) is 5.34. The topological polar surface area (TPSA) is 52.7 Å². The van der Waals surface area contributed by atoms with E-state index in [-0.39, 0.29) is 5.56 Å². The van der Waals surface area contributed by atoms with Crippen molar-refractivity contribution < 1.29 is 0 Å². The lowest BCUT2D eigenvalue weighted by molar-refractivity contribution is 0.650. The molecule has 0 aliphatic carbocycles. The molecule has 3 rings (SSSR count). The Balaban J connectivity index is 2.35. The third kappa shape index (κ3) is 2.34. The Hall–Kier alpha value is -2.14. The van der Waals surface area contributed by atoms with E-state index in [9.17, 15) is 4.79 Å². The average Bonchev–Trinajstić information content (AvgIpc) is 2.83. The molecule has 0 fully saturated rings. The summed E-state index contributed by atoms with van der Waals surface area (Å²) in [6.45, 7) is 2.64. The Labute approximate surface area is 126 Å². The normalized spacial score (nSPS) is 11.2. The summed E-state index contributed by atoms with van der Waals surface area (Å²) >= 11 is 6.05. The van der Waals surface area contributed by atoms with Gasteiger partial charge in [0.2, 0.25) is 0 Å². The largest absolute Gasteiger partial charge is 0.291 e. The van der Waals surface area contributed by atoms with E-state index in [4.69, 9.17) is 11.6 Å². The molecule has 0 spiro atoms. The molecule has 2 heterocycles. The molecule has 108 valence electrons. The highest BCUT2D eigenvalue weighted by Gasteiger charge is 2.15. The van der Waals surface area contributed by atoms with Crippen LogP contribution in [-0.4, -0.2) is 19.3 Å². The summed E-state index contributed by atoms with van der Waals surface area (Å²) in [7, 11) is 1.75. The summed E-state index contributed by atoms with van der Waals surface area (Å²) < 4.78 is 3.26. The summed E-state index contributed by atoms with van der Waals surface area (Å²) in [6, 6.07) is 7.38. The van der Waals surface area contributed by atoms with Crippen LogP contribution in [0.3, 0.4) is 0 Å². The van der Waals surface area contributed by atoms with Gasteiger partial charge in [-0.3, -0.25) is 14.0 Å². The second kappa shape index (κ2) is 5.33. The first-order valence-corrected chi connectivity index (χ1v) is 7.18. The van der Waals surface area contributed by atoms with Gasteiger partial charge in [-0.2, -0.15) is 5.10 Å². The first kappa shape index (κ1) is 13.8. The zero-order valence-corrected chi connectivity index (χ0v) is 12.6. The quantitative estimate of drug-likeness (QED) is 0.747. The van der Waals surface area contributed by atoms with Crippen LogP contribution in [0.5, 0.6) is 0 Å². The van der Waals surface area contributed by atoms with Crippen molar-refractivity contribution in [1.82, 2.24) is 19.3 Å². The summed E-state index contributed by atoms with van der Waals surface area (Å²) in [5, 5.41) is 4.75. The molecular weight excluding hydrogens is 288 g/mol. The Kier molecular flexibility index (Phi) is 3.51. The van der Waals surface area contributed by atoms with Crippen molar-refractivity contribution >= 4 is 22.6 Å². The van der Waals surface area contributed by atoms with Gasteiger partial charge in [-0.05, 0) is 18.6 Å². The SMILES string of the molecule is CCCn1c(-c2cccc(Cl)c2)nc2cnn(C)c2c1=O. The number of fused-ring (bicyclic) bond motifs is 1. The Morgan fingerprint density at radius 1 is 1.33 bits per heavy atom. The van der Waals surface area contributed by atoms with Gasteiger partial charge in [0, 0.05) is 24.2 Å². The highest BCUT2D eigenvalue weighted by atomic mass is 35.5. The number of halogens is 1. The molecule has 0 unspecified atom stereocenters. The molecule has 6 heteroatoms. The summed E-state index contributed by atoms with van der Waals surface area (Å²) in [6.07, 6.45) is 2.46. The number of hydrogen-bond acceptors (Lipinski definition) is 3. The van der Waals surface area contributed by atoms with E-state index in [0.29, 0.717) is 28.4 Å². The fourth-order valence-corrected chi connectivity index (χ4v) is 2.62. The predicted octanol–water partition coefficient (Wildman–Crippen LogP) is 2.86. The Morgan fingerprint density at radius 2 is 2.14 bits per heavy atom. The minimum absolute atomic E-state index is 0.0724. The Morgan fingerprint density at radius 3 is 2.86 bits per heavy atom. The van der Waals surface area contributed by atoms with Crippen LogP contribution in [0.15, 0.2) is 35.3 Å². The summed E-state index contributed by atoms with van der Waals surface area (Å²) in [5.74, 6) is 0.629. The molecule has 0 saturated carbocycles. The highest BCUT2D eigenvalue weighted by Crippen LogP contribution is 2.22. The van der Waals surface area contributed by atoms with E-state index in [0.717, 1.165) is 12.0 Å². The van der Waals surface area contributed by atoms with Gasteiger partial charge in [-0.15, -0.1) is 0 Å². The molecule has 0 bridgehead atoms. The third-order valence-electron chi connectivity index (χ3n) is 3.38. The van der Waals surface area contributed by atoms with E-state index in [1.807, 2.05) is 25.1 Å². The summed E-state index contributed by atoms with van der Waals surface area (Å²) in [5.41, 5.74) is 1.88. The molecule has 0 aliphatic rings. The van der Waals surface area contributed by atoms with Crippen molar-refractivity contribution in [2.75, 3.05) is 0 Å². The number of hydrogen-bond donors (Lipinski definition) is 0. The molecule has 2 aromatic heterocycles.